The summed E-state index contributed by atoms with van der Waals surface area (Å²) < 4.78 is 0. The second-order valence-electron chi connectivity index (χ2n) is 4.58. The van der Waals surface area contributed by atoms with Crippen molar-refractivity contribution in [2.45, 2.75) is 6.61 Å². The van der Waals surface area contributed by atoms with E-state index in [4.69, 9.17) is 5.26 Å². The van der Waals surface area contributed by atoms with Gasteiger partial charge in [-0.1, -0.05) is 47.7 Å². The molecule has 102 valence electrons. The van der Waals surface area contributed by atoms with Gasteiger partial charge in [0.05, 0.1) is 6.61 Å². The number of nitriles is 1. The van der Waals surface area contributed by atoms with Gasteiger partial charge in [-0.3, -0.25) is 0 Å². The summed E-state index contributed by atoms with van der Waals surface area (Å²) in [5.74, 6) is 0. The van der Waals surface area contributed by atoms with Crippen molar-refractivity contribution in [3.8, 4) is 28.5 Å². The summed E-state index contributed by atoms with van der Waals surface area (Å²) in [6, 6.07) is 17.5. The quantitative estimate of drug-likeness (QED) is 0.769. The van der Waals surface area contributed by atoms with Gasteiger partial charge in [0.2, 0.25) is 0 Å². The van der Waals surface area contributed by atoms with Crippen molar-refractivity contribution in [3.63, 3.8) is 0 Å². The van der Waals surface area contributed by atoms with Crippen LogP contribution in [0.2, 0.25) is 0 Å². The Morgan fingerprint density at radius 1 is 1.05 bits per heavy atom. The van der Waals surface area contributed by atoms with Gasteiger partial charge >= 0.3 is 0 Å². The zero-order chi connectivity index (χ0) is 14.7. The molecule has 0 unspecified atom stereocenters. The Bertz CT molecular complexity index is 800. The van der Waals surface area contributed by atoms with Crippen molar-refractivity contribution in [3.05, 3.63) is 59.8 Å². The average Bonchev–Trinajstić information content (AvgIpc) is 3.03. The number of rotatable bonds is 3. The number of benzene rings is 2. The fourth-order valence-electron chi connectivity index (χ4n) is 2.18. The highest BCUT2D eigenvalue weighted by molar-refractivity contribution is 5.70. The SMILES string of the molecule is N#Cc1[nH]nnc1-c1ccc(-c2cccc(CO)c2)cc1. The van der Waals surface area contributed by atoms with Crippen LogP contribution in [-0.2, 0) is 6.61 Å². The molecule has 3 rings (SSSR count). The molecule has 5 nitrogen and oxygen atoms in total. The molecule has 0 aliphatic carbocycles. The van der Waals surface area contributed by atoms with Crippen LogP contribution in [0.4, 0.5) is 0 Å². The Balaban J connectivity index is 1.96. The van der Waals surface area contributed by atoms with Gasteiger partial charge in [-0.25, -0.2) is 5.10 Å². The minimum Gasteiger partial charge on any atom is -0.392 e. The minimum atomic E-state index is 0.0242. The zero-order valence-electron chi connectivity index (χ0n) is 11.1. The van der Waals surface area contributed by atoms with E-state index in [1.54, 1.807) is 0 Å². The monoisotopic (exact) mass is 276 g/mol. The van der Waals surface area contributed by atoms with Gasteiger partial charge in [0, 0.05) is 5.56 Å². The Kier molecular flexibility index (Phi) is 3.46. The van der Waals surface area contributed by atoms with Crippen LogP contribution in [0.25, 0.3) is 22.4 Å². The number of aromatic amines is 1. The number of aromatic nitrogens is 3. The smallest absolute Gasteiger partial charge is 0.163 e. The first kappa shape index (κ1) is 13.0. The molecular weight excluding hydrogens is 264 g/mol. The molecule has 2 aromatic carbocycles. The predicted molar refractivity (Wildman–Crippen MR) is 77.9 cm³/mol. The van der Waals surface area contributed by atoms with Gasteiger partial charge in [-0.05, 0) is 22.8 Å². The van der Waals surface area contributed by atoms with E-state index >= 15 is 0 Å². The standard InChI is InChI=1S/C16H12N4O/c17-9-15-16(19-20-18-15)13-6-4-12(5-7-13)14-3-1-2-11(8-14)10-21/h1-8,21H,10H2,(H,18,19,20). The lowest BCUT2D eigenvalue weighted by molar-refractivity contribution is 0.282. The van der Waals surface area contributed by atoms with Crippen LogP contribution >= 0.6 is 0 Å². The number of nitrogens with zero attached hydrogens (tertiary/aromatic N) is 3. The highest BCUT2D eigenvalue weighted by atomic mass is 16.3. The normalized spacial score (nSPS) is 10.3. The molecule has 0 radical (unpaired) electrons. The molecule has 5 heteroatoms. The summed E-state index contributed by atoms with van der Waals surface area (Å²) in [4.78, 5) is 0. The summed E-state index contributed by atoms with van der Waals surface area (Å²) in [6.07, 6.45) is 0. The van der Waals surface area contributed by atoms with E-state index in [1.165, 1.54) is 0 Å². The number of nitrogens with one attached hydrogen (secondary N) is 1. The van der Waals surface area contributed by atoms with E-state index in [0.717, 1.165) is 22.3 Å². The maximum Gasteiger partial charge on any atom is 0.163 e. The molecule has 0 saturated carbocycles. The fourth-order valence-corrected chi connectivity index (χ4v) is 2.18. The Morgan fingerprint density at radius 3 is 2.52 bits per heavy atom. The lowest BCUT2D eigenvalue weighted by atomic mass is 10.0. The van der Waals surface area contributed by atoms with E-state index in [-0.39, 0.29) is 6.61 Å². The molecule has 0 amide bonds. The van der Waals surface area contributed by atoms with Crippen molar-refractivity contribution >= 4 is 0 Å². The molecule has 0 aliphatic heterocycles. The lowest BCUT2D eigenvalue weighted by Gasteiger charge is -2.05. The van der Waals surface area contributed by atoms with Gasteiger partial charge < -0.3 is 5.11 Å². The van der Waals surface area contributed by atoms with Gasteiger partial charge in [-0.2, -0.15) is 5.26 Å². The third-order valence-electron chi connectivity index (χ3n) is 3.26. The van der Waals surface area contributed by atoms with Crippen molar-refractivity contribution in [1.82, 2.24) is 15.4 Å². The highest BCUT2D eigenvalue weighted by Gasteiger charge is 2.09. The molecule has 2 N–H and O–H groups in total. The van der Waals surface area contributed by atoms with Crippen LogP contribution in [0, 0.1) is 11.3 Å². The van der Waals surface area contributed by atoms with Crippen LogP contribution in [0.1, 0.15) is 11.3 Å². The molecule has 0 fully saturated rings. The summed E-state index contributed by atoms with van der Waals surface area (Å²) in [5, 5.41) is 28.3. The Hall–Kier alpha value is -2.97. The molecule has 0 spiro atoms. The molecule has 0 saturated heterocycles. The number of H-pyrrole nitrogens is 1. The number of hydrogen-bond acceptors (Lipinski definition) is 4. The van der Waals surface area contributed by atoms with Crippen molar-refractivity contribution in [1.29, 1.82) is 5.26 Å². The van der Waals surface area contributed by atoms with Gasteiger partial charge in [0.1, 0.15) is 11.8 Å². The summed E-state index contributed by atoms with van der Waals surface area (Å²) in [5.41, 5.74) is 4.69. The van der Waals surface area contributed by atoms with Crippen molar-refractivity contribution < 1.29 is 5.11 Å². The highest BCUT2D eigenvalue weighted by Crippen LogP contribution is 2.25. The summed E-state index contributed by atoms with van der Waals surface area (Å²) in [7, 11) is 0. The van der Waals surface area contributed by atoms with Crippen LogP contribution in [-0.4, -0.2) is 20.5 Å². The molecule has 0 aliphatic rings. The molecule has 1 aromatic heterocycles. The van der Waals surface area contributed by atoms with Crippen LogP contribution in [0.5, 0.6) is 0 Å². The molecular formula is C16H12N4O. The zero-order valence-corrected chi connectivity index (χ0v) is 11.1. The van der Waals surface area contributed by atoms with Crippen LogP contribution in [0.15, 0.2) is 48.5 Å². The number of hydrogen-bond donors (Lipinski definition) is 2. The number of aliphatic hydroxyl groups excluding tert-OH is 1. The molecule has 21 heavy (non-hydrogen) atoms. The minimum absolute atomic E-state index is 0.0242. The van der Waals surface area contributed by atoms with E-state index in [9.17, 15) is 5.11 Å². The van der Waals surface area contributed by atoms with E-state index in [2.05, 4.69) is 15.4 Å². The first-order valence-corrected chi connectivity index (χ1v) is 6.43. The molecule has 0 atom stereocenters. The summed E-state index contributed by atoms with van der Waals surface area (Å²) in [6.45, 7) is 0.0242. The average molecular weight is 276 g/mol. The van der Waals surface area contributed by atoms with Crippen molar-refractivity contribution in [2.24, 2.45) is 0 Å². The Labute approximate surface area is 121 Å². The second-order valence-corrected chi connectivity index (χ2v) is 4.58. The van der Waals surface area contributed by atoms with Crippen LogP contribution < -0.4 is 0 Å². The van der Waals surface area contributed by atoms with Crippen LogP contribution in [0.3, 0.4) is 0 Å². The molecule has 0 bridgehead atoms. The summed E-state index contributed by atoms with van der Waals surface area (Å²) >= 11 is 0. The lowest BCUT2D eigenvalue weighted by Crippen LogP contribution is -1.86. The first-order chi connectivity index (χ1) is 10.3. The molecule has 3 aromatic rings. The molecule has 1 heterocycles. The van der Waals surface area contributed by atoms with E-state index < -0.39 is 0 Å². The largest absolute Gasteiger partial charge is 0.392 e. The second kappa shape index (κ2) is 5.57. The Morgan fingerprint density at radius 2 is 1.81 bits per heavy atom. The van der Waals surface area contributed by atoms with E-state index in [1.807, 2.05) is 54.6 Å². The van der Waals surface area contributed by atoms with Gasteiger partial charge in [0.25, 0.3) is 0 Å². The van der Waals surface area contributed by atoms with E-state index in [0.29, 0.717) is 11.4 Å². The maximum atomic E-state index is 9.19. The fraction of sp³-hybridized carbons (Fsp3) is 0.0625. The maximum absolute atomic E-state index is 9.19. The predicted octanol–water partition coefficient (Wildman–Crippen LogP) is 2.50. The topological polar surface area (TPSA) is 85.6 Å². The first-order valence-electron chi connectivity index (χ1n) is 6.43. The van der Waals surface area contributed by atoms with Crippen molar-refractivity contribution in [2.75, 3.05) is 0 Å². The van der Waals surface area contributed by atoms with Gasteiger partial charge in [0.15, 0.2) is 5.69 Å². The third-order valence-corrected chi connectivity index (χ3v) is 3.26. The number of aliphatic hydroxyl groups is 1. The van der Waals surface area contributed by atoms with Gasteiger partial charge in [-0.15, -0.1) is 5.10 Å². The third kappa shape index (κ3) is 2.53.